The molecule has 1 aromatic rings. The summed E-state index contributed by atoms with van der Waals surface area (Å²) in [5, 5.41) is 0. The maximum absolute atomic E-state index is 2.49. The molecule has 1 fully saturated rings. The number of rotatable bonds is 3. The van der Waals surface area contributed by atoms with E-state index in [1.807, 2.05) is 0 Å². The summed E-state index contributed by atoms with van der Waals surface area (Å²) in [5.41, 5.74) is 2.85. The molecule has 0 radical (unpaired) electrons. The van der Waals surface area contributed by atoms with E-state index in [0.717, 1.165) is 12.0 Å². The molecule has 2 unspecified atom stereocenters. The van der Waals surface area contributed by atoms with Crippen LogP contribution in [0.4, 0.5) is 0 Å². The highest BCUT2D eigenvalue weighted by Crippen LogP contribution is 2.25. The van der Waals surface area contributed by atoms with E-state index in [0.29, 0.717) is 0 Å². The normalized spacial score (nSPS) is 26.2. The first-order valence-electron chi connectivity index (χ1n) is 6.41. The van der Waals surface area contributed by atoms with Crippen LogP contribution in [0.5, 0.6) is 0 Å². The van der Waals surface area contributed by atoms with Gasteiger partial charge in [-0.3, -0.25) is 0 Å². The van der Waals surface area contributed by atoms with Gasteiger partial charge < -0.3 is 4.90 Å². The van der Waals surface area contributed by atoms with Crippen molar-refractivity contribution >= 4 is 0 Å². The molecule has 0 amide bonds. The van der Waals surface area contributed by atoms with E-state index in [2.05, 4.69) is 50.1 Å². The Morgan fingerprint density at radius 2 is 1.94 bits per heavy atom. The van der Waals surface area contributed by atoms with E-state index in [1.54, 1.807) is 0 Å². The molecule has 1 nitrogen and oxygen atoms in total. The van der Waals surface area contributed by atoms with Gasteiger partial charge in [0.2, 0.25) is 0 Å². The lowest BCUT2D eigenvalue weighted by atomic mass is 9.97. The van der Waals surface area contributed by atoms with Gasteiger partial charge in [0.1, 0.15) is 0 Å². The molecule has 1 aromatic carbocycles. The van der Waals surface area contributed by atoms with Crippen LogP contribution >= 0.6 is 0 Å². The second-order valence-electron chi connectivity index (χ2n) is 5.41. The SMILES string of the molecule is Cc1ccc(CCC2CC(C)N(C)C2)cc1. The van der Waals surface area contributed by atoms with Crippen LogP contribution in [0.3, 0.4) is 0 Å². The fourth-order valence-electron chi connectivity index (χ4n) is 2.66. The third kappa shape index (κ3) is 2.85. The van der Waals surface area contributed by atoms with E-state index >= 15 is 0 Å². The number of nitrogens with zero attached hydrogens (tertiary/aromatic N) is 1. The van der Waals surface area contributed by atoms with Crippen LogP contribution in [0, 0.1) is 12.8 Å². The van der Waals surface area contributed by atoms with Crippen molar-refractivity contribution in [3.05, 3.63) is 35.4 Å². The molecule has 88 valence electrons. The summed E-state index contributed by atoms with van der Waals surface area (Å²) >= 11 is 0. The van der Waals surface area contributed by atoms with Gasteiger partial charge in [0.15, 0.2) is 0 Å². The van der Waals surface area contributed by atoms with Gasteiger partial charge in [-0.05, 0) is 51.6 Å². The fraction of sp³-hybridized carbons (Fsp3) is 0.600. The molecule has 2 atom stereocenters. The van der Waals surface area contributed by atoms with Crippen LogP contribution in [-0.4, -0.2) is 24.5 Å². The van der Waals surface area contributed by atoms with Crippen molar-refractivity contribution < 1.29 is 0 Å². The average Bonchev–Trinajstić information content (AvgIpc) is 2.58. The van der Waals surface area contributed by atoms with Crippen LogP contribution < -0.4 is 0 Å². The summed E-state index contributed by atoms with van der Waals surface area (Å²) in [5.74, 6) is 0.904. The van der Waals surface area contributed by atoms with Crippen molar-refractivity contribution in [3.63, 3.8) is 0 Å². The minimum Gasteiger partial charge on any atom is -0.303 e. The number of hydrogen-bond acceptors (Lipinski definition) is 1. The lowest BCUT2D eigenvalue weighted by Gasteiger charge is -2.12. The summed E-state index contributed by atoms with van der Waals surface area (Å²) in [6.45, 7) is 5.77. The molecule has 0 aliphatic carbocycles. The molecule has 0 saturated carbocycles. The van der Waals surface area contributed by atoms with Crippen molar-refractivity contribution in [3.8, 4) is 0 Å². The molecule has 2 rings (SSSR count). The Hall–Kier alpha value is -0.820. The van der Waals surface area contributed by atoms with E-state index in [9.17, 15) is 0 Å². The zero-order valence-electron chi connectivity index (χ0n) is 10.7. The van der Waals surface area contributed by atoms with Gasteiger partial charge in [-0.1, -0.05) is 29.8 Å². The lowest BCUT2D eigenvalue weighted by Crippen LogP contribution is -2.21. The minimum atomic E-state index is 0.781. The van der Waals surface area contributed by atoms with Gasteiger partial charge in [0, 0.05) is 12.6 Å². The molecule has 16 heavy (non-hydrogen) atoms. The zero-order valence-corrected chi connectivity index (χ0v) is 10.7. The maximum atomic E-state index is 2.49. The van der Waals surface area contributed by atoms with E-state index < -0.39 is 0 Å². The van der Waals surface area contributed by atoms with Crippen LogP contribution in [0.1, 0.15) is 30.9 Å². The average molecular weight is 217 g/mol. The van der Waals surface area contributed by atoms with Crippen molar-refractivity contribution in [2.45, 2.75) is 39.2 Å². The third-order valence-corrected chi connectivity index (χ3v) is 3.93. The predicted octanol–water partition coefficient (Wildman–Crippen LogP) is 3.27. The number of aryl methyl sites for hydroxylation is 2. The summed E-state index contributed by atoms with van der Waals surface area (Å²) in [7, 11) is 2.25. The lowest BCUT2D eigenvalue weighted by molar-refractivity contribution is 0.324. The first-order chi connectivity index (χ1) is 7.65. The number of likely N-dealkylation sites (tertiary alicyclic amines) is 1. The Kier molecular flexibility index (Phi) is 3.65. The zero-order chi connectivity index (χ0) is 11.5. The van der Waals surface area contributed by atoms with Crippen molar-refractivity contribution in [2.75, 3.05) is 13.6 Å². The third-order valence-electron chi connectivity index (χ3n) is 3.93. The molecule has 0 spiro atoms. The Morgan fingerprint density at radius 1 is 1.25 bits per heavy atom. The molecular formula is C15H23N. The maximum Gasteiger partial charge on any atom is 0.00671 e. The van der Waals surface area contributed by atoms with Gasteiger partial charge in [-0.25, -0.2) is 0 Å². The molecule has 0 aromatic heterocycles. The summed E-state index contributed by atoms with van der Waals surface area (Å²) in [6.07, 6.45) is 3.96. The smallest absolute Gasteiger partial charge is 0.00671 e. The monoisotopic (exact) mass is 217 g/mol. The van der Waals surface area contributed by atoms with E-state index in [-0.39, 0.29) is 0 Å². The first kappa shape index (κ1) is 11.7. The van der Waals surface area contributed by atoms with Crippen LogP contribution in [-0.2, 0) is 6.42 Å². The standard InChI is InChI=1S/C15H23N/c1-12-4-6-14(7-5-12)8-9-15-10-13(2)16(3)11-15/h4-7,13,15H,8-11H2,1-3H3. The van der Waals surface area contributed by atoms with Crippen LogP contribution in [0.15, 0.2) is 24.3 Å². The summed E-state index contributed by atoms with van der Waals surface area (Å²) < 4.78 is 0. The van der Waals surface area contributed by atoms with Crippen LogP contribution in [0.2, 0.25) is 0 Å². The van der Waals surface area contributed by atoms with Gasteiger partial charge >= 0.3 is 0 Å². The van der Waals surface area contributed by atoms with Gasteiger partial charge in [0.25, 0.3) is 0 Å². The van der Waals surface area contributed by atoms with Gasteiger partial charge in [-0.2, -0.15) is 0 Å². The molecule has 0 bridgehead atoms. The van der Waals surface area contributed by atoms with Gasteiger partial charge in [-0.15, -0.1) is 0 Å². The topological polar surface area (TPSA) is 3.24 Å². The van der Waals surface area contributed by atoms with Crippen LogP contribution in [0.25, 0.3) is 0 Å². The molecule has 0 N–H and O–H groups in total. The second-order valence-corrected chi connectivity index (χ2v) is 5.41. The molecule has 1 heteroatoms. The predicted molar refractivity (Wildman–Crippen MR) is 69.7 cm³/mol. The molecule has 1 aliphatic rings. The summed E-state index contributed by atoms with van der Waals surface area (Å²) in [6, 6.07) is 9.77. The number of hydrogen-bond donors (Lipinski definition) is 0. The van der Waals surface area contributed by atoms with Crippen molar-refractivity contribution in [2.24, 2.45) is 5.92 Å². The highest BCUT2D eigenvalue weighted by Gasteiger charge is 2.25. The molecule has 1 aliphatic heterocycles. The second kappa shape index (κ2) is 5.01. The first-order valence-corrected chi connectivity index (χ1v) is 6.41. The molecule has 1 saturated heterocycles. The number of benzene rings is 1. The largest absolute Gasteiger partial charge is 0.303 e. The highest BCUT2D eigenvalue weighted by molar-refractivity contribution is 5.21. The highest BCUT2D eigenvalue weighted by atomic mass is 15.1. The Bertz CT molecular complexity index is 318. The van der Waals surface area contributed by atoms with E-state index in [4.69, 9.17) is 0 Å². The quantitative estimate of drug-likeness (QED) is 0.751. The van der Waals surface area contributed by atoms with E-state index in [1.165, 1.54) is 36.9 Å². The van der Waals surface area contributed by atoms with Crippen molar-refractivity contribution in [1.82, 2.24) is 4.90 Å². The molecular weight excluding hydrogens is 194 g/mol. The Balaban J connectivity index is 1.82. The van der Waals surface area contributed by atoms with Gasteiger partial charge in [0.05, 0.1) is 0 Å². The van der Waals surface area contributed by atoms with Crippen molar-refractivity contribution in [1.29, 1.82) is 0 Å². The fourth-order valence-corrected chi connectivity index (χ4v) is 2.66. The summed E-state index contributed by atoms with van der Waals surface area (Å²) in [4.78, 5) is 2.49. The Morgan fingerprint density at radius 3 is 2.50 bits per heavy atom. The molecule has 1 heterocycles. The minimum absolute atomic E-state index is 0.781. The Labute approximate surface area is 99.5 Å².